The average Bonchev–Trinajstić information content (AvgIpc) is 3.11. The molecule has 1 aromatic carbocycles. The van der Waals surface area contributed by atoms with Crippen LogP contribution in [0.25, 0.3) is 6.08 Å². The van der Waals surface area contributed by atoms with Crippen molar-refractivity contribution in [1.29, 1.82) is 0 Å². The number of hydrogen-bond acceptors (Lipinski definition) is 3. The summed E-state index contributed by atoms with van der Waals surface area (Å²) in [5.41, 5.74) is 5.51. The Kier molecular flexibility index (Phi) is 3.84. The third-order valence-electron chi connectivity index (χ3n) is 7.73. The van der Waals surface area contributed by atoms with Gasteiger partial charge >= 0.3 is 0 Å². The summed E-state index contributed by atoms with van der Waals surface area (Å²) in [6.07, 6.45) is 9.14. The number of phenols is 1. The number of carbonyl (C=O) groups excluding carboxylic acids is 1. The fourth-order valence-corrected chi connectivity index (χ4v) is 6.32. The van der Waals surface area contributed by atoms with Gasteiger partial charge < -0.3 is 5.11 Å². The minimum Gasteiger partial charge on any atom is -0.508 e. The van der Waals surface area contributed by atoms with Gasteiger partial charge in [-0.3, -0.25) is 9.48 Å². The van der Waals surface area contributed by atoms with Crippen LogP contribution >= 0.6 is 0 Å². The molecule has 1 aromatic heterocycles. The van der Waals surface area contributed by atoms with Gasteiger partial charge in [0.1, 0.15) is 5.75 Å². The fourth-order valence-electron chi connectivity index (χ4n) is 6.32. The second kappa shape index (κ2) is 6.07. The molecule has 1 N–H and O–H groups in total. The Morgan fingerprint density at radius 1 is 1.32 bits per heavy atom. The first kappa shape index (κ1) is 17.7. The van der Waals surface area contributed by atoms with E-state index in [1.165, 1.54) is 11.1 Å². The van der Waals surface area contributed by atoms with Crippen molar-refractivity contribution in [2.75, 3.05) is 0 Å². The van der Waals surface area contributed by atoms with E-state index in [4.69, 9.17) is 0 Å². The third-order valence-corrected chi connectivity index (χ3v) is 7.73. The van der Waals surface area contributed by atoms with Crippen molar-refractivity contribution in [3.8, 4) is 5.75 Å². The van der Waals surface area contributed by atoms with Gasteiger partial charge in [0, 0.05) is 24.2 Å². The number of phenolic OH excluding ortho intramolecular Hbond substituents is 1. The van der Waals surface area contributed by atoms with Gasteiger partial charge in [-0.05, 0) is 91.7 Å². The number of rotatable bonds is 1. The number of Topliss-reactive ketones (excluding diaryl/α,β-unsaturated/α-hetero) is 1. The lowest BCUT2D eigenvalue weighted by atomic mass is 9.55. The predicted octanol–water partition coefficient (Wildman–Crippen LogP) is 4.55. The highest BCUT2D eigenvalue weighted by Gasteiger charge is 2.56. The summed E-state index contributed by atoms with van der Waals surface area (Å²) in [7, 11) is 1.93. The molecule has 5 rings (SSSR count). The van der Waals surface area contributed by atoms with Gasteiger partial charge in [0.05, 0.1) is 5.69 Å². The van der Waals surface area contributed by atoms with Crippen molar-refractivity contribution >= 4 is 11.9 Å². The van der Waals surface area contributed by atoms with E-state index in [0.29, 0.717) is 29.3 Å². The molecule has 0 amide bonds. The lowest BCUT2D eigenvalue weighted by Crippen LogP contribution is -2.42. The average molecular weight is 377 g/mol. The Hall–Kier alpha value is -2.36. The second-order valence-electron chi connectivity index (χ2n) is 9.30. The highest BCUT2D eigenvalue weighted by atomic mass is 16.3. The van der Waals surface area contributed by atoms with Gasteiger partial charge in [-0.1, -0.05) is 13.0 Å². The lowest BCUT2D eigenvalue weighted by molar-refractivity contribution is -0.127. The van der Waals surface area contributed by atoms with Gasteiger partial charge in [-0.2, -0.15) is 5.10 Å². The van der Waals surface area contributed by atoms with E-state index < -0.39 is 0 Å². The van der Waals surface area contributed by atoms with Crippen molar-refractivity contribution in [3.05, 3.63) is 52.4 Å². The molecule has 4 heteroatoms. The number of benzene rings is 1. The zero-order chi connectivity index (χ0) is 19.6. The summed E-state index contributed by atoms with van der Waals surface area (Å²) < 4.78 is 1.82. The molecule has 3 aliphatic carbocycles. The van der Waals surface area contributed by atoms with Crippen molar-refractivity contribution in [2.45, 2.75) is 51.9 Å². The van der Waals surface area contributed by atoms with Crippen molar-refractivity contribution in [2.24, 2.45) is 24.3 Å². The number of hydrogen-bond donors (Lipinski definition) is 1. The van der Waals surface area contributed by atoms with Crippen LogP contribution in [0.4, 0.5) is 0 Å². The Balaban J connectivity index is 1.50. The molecule has 0 spiro atoms. The molecule has 0 bridgehead atoms. The van der Waals surface area contributed by atoms with E-state index in [0.717, 1.165) is 48.9 Å². The van der Waals surface area contributed by atoms with Crippen LogP contribution in [-0.4, -0.2) is 20.7 Å². The Bertz CT molecular complexity index is 1000. The van der Waals surface area contributed by atoms with Crippen molar-refractivity contribution in [3.63, 3.8) is 0 Å². The standard InChI is InChI=1S/C24H28N2O2/c1-14-17(13-26(3)25-14)10-16-12-22-21-6-4-15-11-18(27)5-7-19(15)20(21)8-9-24(22,2)23(16)28/h5,7,10-11,13,20-22,27H,4,6,8-9,12H2,1-3H3/b16-10-/t20-,21+,22-,24-/m0/s1. The van der Waals surface area contributed by atoms with Crippen LogP contribution < -0.4 is 0 Å². The van der Waals surface area contributed by atoms with Crippen LogP contribution in [0.15, 0.2) is 30.0 Å². The number of fused-ring (bicyclic) bond motifs is 5. The first-order valence-corrected chi connectivity index (χ1v) is 10.4. The van der Waals surface area contributed by atoms with Crippen molar-refractivity contribution in [1.82, 2.24) is 9.78 Å². The summed E-state index contributed by atoms with van der Waals surface area (Å²) in [5, 5.41) is 14.3. The predicted molar refractivity (Wildman–Crippen MR) is 109 cm³/mol. The molecular weight excluding hydrogens is 348 g/mol. The topological polar surface area (TPSA) is 55.1 Å². The molecule has 3 aliphatic rings. The van der Waals surface area contributed by atoms with Crippen LogP contribution in [-0.2, 0) is 18.3 Å². The molecule has 0 unspecified atom stereocenters. The summed E-state index contributed by atoms with van der Waals surface area (Å²) in [4.78, 5) is 13.4. The zero-order valence-corrected chi connectivity index (χ0v) is 16.9. The van der Waals surface area contributed by atoms with Crippen LogP contribution in [0, 0.1) is 24.2 Å². The molecule has 1 heterocycles. The maximum Gasteiger partial charge on any atom is 0.165 e. The normalized spacial score (nSPS) is 32.9. The number of allylic oxidation sites excluding steroid dienone is 1. The third kappa shape index (κ3) is 2.50. The molecular formula is C24H28N2O2. The molecule has 0 aliphatic heterocycles. The Morgan fingerprint density at radius 2 is 2.14 bits per heavy atom. The van der Waals surface area contributed by atoms with Crippen LogP contribution in [0.1, 0.15) is 60.9 Å². The molecule has 0 radical (unpaired) electrons. The summed E-state index contributed by atoms with van der Waals surface area (Å²) in [6, 6.07) is 5.89. The monoisotopic (exact) mass is 376 g/mol. The summed E-state index contributed by atoms with van der Waals surface area (Å²) in [5.74, 6) is 2.22. The number of nitrogens with zero attached hydrogens (tertiary/aromatic N) is 2. The maximum absolute atomic E-state index is 13.4. The fraction of sp³-hybridized carbons (Fsp3) is 0.500. The first-order chi connectivity index (χ1) is 13.4. The van der Waals surface area contributed by atoms with Crippen LogP contribution in [0.2, 0.25) is 0 Å². The minimum atomic E-state index is -0.225. The Labute approximate surface area is 166 Å². The number of carbonyl (C=O) groups is 1. The first-order valence-electron chi connectivity index (χ1n) is 10.4. The minimum absolute atomic E-state index is 0.225. The quantitative estimate of drug-likeness (QED) is 0.743. The number of aromatic nitrogens is 2. The maximum atomic E-state index is 13.4. The largest absolute Gasteiger partial charge is 0.508 e. The summed E-state index contributed by atoms with van der Waals surface area (Å²) >= 11 is 0. The number of aromatic hydroxyl groups is 1. The molecule has 146 valence electrons. The van der Waals surface area contributed by atoms with Gasteiger partial charge in [0.2, 0.25) is 0 Å². The number of aryl methyl sites for hydroxylation is 3. The van der Waals surface area contributed by atoms with E-state index in [-0.39, 0.29) is 5.41 Å². The lowest BCUT2D eigenvalue weighted by Gasteiger charge is -2.48. The van der Waals surface area contributed by atoms with Crippen molar-refractivity contribution < 1.29 is 9.90 Å². The van der Waals surface area contributed by atoms with Crippen LogP contribution in [0.3, 0.4) is 0 Å². The highest BCUT2D eigenvalue weighted by Crippen LogP contribution is 2.60. The highest BCUT2D eigenvalue weighted by molar-refractivity contribution is 6.06. The van der Waals surface area contributed by atoms with E-state index in [1.54, 1.807) is 0 Å². The van der Waals surface area contributed by atoms with Gasteiger partial charge in [0.15, 0.2) is 5.78 Å². The molecule has 4 nitrogen and oxygen atoms in total. The van der Waals surface area contributed by atoms with Gasteiger partial charge in [0.25, 0.3) is 0 Å². The van der Waals surface area contributed by atoms with E-state index in [9.17, 15) is 9.90 Å². The van der Waals surface area contributed by atoms with E-state index in [2.05, 4.69) is 24.2 Å². The summed E-state index contributed by atoms with van der Waals surface area (Å²) in [6.45, 7) is 4.21. The molecule has 28 heavy (non-hydrogen) atoms. The number of ketones is 1. The van der Waals surface area contributed by atoms with Crippen LogP contribution in [0.5, 0.6) is 5.75 Å². The van der Waals surface area contributed by atoms with E-state index >= 15 is 0 Å². The second-order valence-corrected chi connectivity index (χ2v) is 9.30. The Morgan fingerprint density at radius 3 is 2.89 bits per heavy atom. The van der Waals surface area contributed by atoms with Gasteiger partial charge in [-0.25, -0.2) is 0 Å². The van der Waals surface area contributed by atoms with E-state index in [1.807, 2.05) is 37.0 Å². The molecule has 2 aromatic rings. The molecule has 4 atom stereocenters. The molecule has 2 saturated carbocycles. The van der Waals surface area contributed by atoms with Gasteiger partial charge in [-0.15, -0.1) is 0 Å². The zero-order valence-electron chi connectivity index (χ0n) is 16.9. The smallest absolute Gasteiger partial charge is 0.165 e. The molecule has 2 fully saturated rings. The SMILES string of the molecule is Cc1nn(C)cc1/C=C1/C[C@H]2[C@@H]3CCc4cc(O)ccc4[C@@H]3CC[C@]2(C)C1=O. The molecule has 0 saturated heterocycles.